The molecule has 0 spiro atoms. The summed E-state index contributed by atoms with van der Waals surface area (Å²) in [4.78, 5) is 26.4. The van der Waals surface area contributed by atoms with Crippen LogP contribution in [0.2, 0.25) is 5.02 Å². The summed E-state index contributed by atoms with van der Waals surface area (Å²) in [5.41, 5.74) is 1.27. The van der Waals surface area contributed by atoms with Crippen molar-refractivity contribution in [1.29, 1.82) is 10.5 Å². The van der Waals surface area contributed by atoms with Crippen LogP contribution in [-0.4, -0.2) is 11.8 Å². The van der Waals surface area contributed by atoms with Gasteiger partial charge in [-0.2, -0.15) is 10.5 Å². The minimum absolute atomic E-state index is 0.0873. The van der Waals surface area contributed by atoms with E-state index in [1.807, 2.05) is 12.1 Å². The monoisotopic (exact) mass is 492 g/mol. The van der Waals surface area contributed by atoms with E-state index in [1.165, 1.54) is 18.2 Å². The van der Waals surface area contributed by atoms with E-state index in [2.05, 4.69) is 0 Å². The first-order chi connectivity index (χ1) is 17.5. The van der Waals surface area contributed by atoms with Crippen LogP contribution in [0.15, 0.2) is 97.1 Å². The average molecular weight is 493 g/mol. The van der Waals surface area contributed by atoms with Gasteiger partial charge < -0.3 is 9.47 Å². The van der Waals surface area contributed by atoms with Crippen molar-refractivity contribution < 1.29 is 19.1 Å². The van der Waals surface area contributed by atoms with Crippen LogP contribution in [0.1, 0.15) is 43.5 Å². The van der Waals surface area contributed by atoms with Gasteiger partial charge in [-0.15, -0.1) is 0 Å². The van der Waals surface area contributed by atoms with Crippen LogP contribution in [0.4, 0.5) is 0 Å². The van der Waals surface area contributed by atoms with Gasteiger partial charge in [0.05, 0.1) is 11.1 Å². The SMILES string of the molecule is N#Cc1cccc(Oc2cccc(C(=O)O[C@@H](C(=O)c3ccccc3)c3ccc(Cl)cc3)c2)c1C#N. The number of benzene rings is 4. The van der Waals surface area contributed by atoms with Crippen LogP contribution < -0.4 is 4.74 Å². The first-order valence-electron chi connectivity index (χ1n) is 10.8. The molecule has 0 heterocycles. The van der Waals surface area contributed by atoms with Crippen molar-refractivity contribution >= 4 is 23.4 Å². The van der Waals surface area contributed by atoms with Gasteiger partial charge in [0, 0.05) is 16.1 Å². The lowest BCUT2D eigenvalue weighted by Gasteiger charge is -2.18. The zero-order chi connectivity index (χ0) is 25.5. The Kier molecular flexibility index (Phi) is 7.41. The zero-order valence-corrected chi connectivity index (χ0v) is 19.5. The Bertz CT molecular complexity index is 1500. The third kappa shape index (κ3) is 5.42. The van der Waals surface area contributed by atoms with Gasteiger partial charge in [-0.05, 0) is 42.5 Å². The number of ether oxygens (including phenoxy) is 2. The largest absolute Gasteiger partial charge is 0.456 e. The lowest BCUT2D eigenvalue weighted by molar-refractivity contribution is 0.0280. The molecule has 174 valence electrons. The summed E-state index contributed by atoms with van der Waals surface area (Å²) < 4.78 is 11.5. The number of hydrogen-bond donors (Lipinski definition) is 0. The van der Waals surface area contributed by atoms with Crippen molar-refractivity contribution in [2.75, 3.05) is 0 Å². The fourth-order valence-electron chi connectivity index (χ4n) is 3.48. The van der Waals surface area contributed by atoms with Gasteiger partial charge in [0.15, 0.2) is 6.10 Å². The van der Waals surface area contributed by atoms with Crippen molar-refractivity contribution in [2.45, 2.75) is 6.10 Å². The number of carbonyl (C=O) groups excluding carboxylic acids is 2. The van der Waals surface area contributed by atoms with E-state index in [1.54, 1.807) is 78.9 Å². The molecule has 0 bridgehead atoms. The van der Waals surface area contributed by atoms with E-state index in [0.717, 1.165) is 0 Å². The van der Waals surface area contributed by atoms with E-state index < -0.39 is 12.1 Å². The van der Waals surface area contributed by atoms with Gasteiger partial charge in [-0.1, -0.05) is 66.2 Å². The van der Waals surface area contributed by atoms with Crippen molar-refractivity contribution in [3.8, 4) is 23.6 Å². The highest BCUT2D eigenvalue weighted by molar-refractivity contribution is 6.30. The van der Waals surface area contributed by atoms with Crippen LogP contribution >= 0.6 is 11.6 Å². The molecule has 4 aromatic carbocycles. The molecular weight excluding hydrogens is 476 g/mol. The van der Waals surface area contributed by atoms with E-state index in [0.29, 0.717) is 16.1 Å². The van der Waals surface area contributed by atoms with Crippen LogP contribution in [-0.2, 0) is 4.74 Å². The molecule has 0 saturated heterocycles. The normalized spacial score (nSPS) is 11.0. The summed E-state index contributed by atoms with van der Waals surface area (Å²) in [6, 6.07) is 29.8. The van der Waals surface area contributed by atoms with Crippen LogP contribution in [0.3, 0.4) is 0 Å². The lowest BCUT2D eigenvalue weighted by atomic mass is 9.99. The van der Waals surface area contributed by atoms with E-state index in [9.17, 15) is 20.1 Å². The average Bonchev–Trinajstić information content (AvgIpc) is 2.92. The smallest absolute Gasteiger partial charge is 0.339 e. The zero-order valence-electron chi connectivity index (χ0n) is 18.7. The fourth-order valence-corrected chi connectivity index (χ4v) is 3.60. The van der Waals surface area contributed by atoms with Crippen molar-refractivity contribution in [2.24, 2.45) is 0 Å². The Hall–Kier alpha value is -4.91. The molecule has 0 saturated carbocycles. The molecular formula is C29H17ClN2O4. The number of rotatable bonds is 7. The molecule has 1 atom stereocenters. The maximum atomic E-state index is 13.2. The second-order valence-corrected chi connectivity index (χ2v) is 8.04. The minimum atomic E-state index is -1.20. The lowest BCUT2D eigenvalue weighted by Crippen LogP contribution is -2.20. The predicted molar refractivity (Wildman–Crippen MR) is 133 cm³/mol. The molecule has 0 amide bonds. The molecule has 0 aromatic heterocycles. The standard InChI is InChI=1S/C29H17ClN2O4/c30-23-14-12-20(13-15-23)28(27(33)19-6-2-1-3-7-19)36-29(34)21-8-4-10-24(16-21)35-26-11-5-9-22(17-31)25(26)18-32/h1-16,28H/t28-/m1/s1. The highest BCUT2D eigenvalue weighted by Gasteiger charge is 2.27. The van der Waals surface area contributed by atoms with Crippen molar-refractivity contribution in [3.63, 3.8) is 0 Å². The van der Waals surface area contributed by atoms with Crippen molar-refractivity contribution in [1.82, 2.24) is 0 Å². The quantitative estimate of drug-likeness (QED) is 0.211. The molecule has 0 radical (unpaired) electrons. The number of carbonyl (C=O) groups is 2. The van der Waals surface area contributed by atoms with Crippen LogP contribution in [0, 0.1) is 22.7 Å². The number of Topliss-reactive ketones (excluding diaryl/α,β-unsaturated/α-hetero) is 1. The maximum absolute atomic E-state index is 13.2. The molecule has 0 fully saturated rings. The molecule has 7 heteroatoms. The van der Waals surface area contributed by atoms with Crippen LogP contribution in [0.25, 0.3) is 0 Å². The van der Waals surface area contributed by atoms with Gasteiger partial charge in [-0.25, -0.2) is 4.79 Å². The Balaban J connectivity index is 1.62. The molecule has 0 aliphatic rings. The van der Waals surface area contributed by atoms with Gasteiger partial charge in [0.1, 0.15) is 29.2 Å². The molecule has 36 heavy (non-hydrogen) atoms. The summed E-state index contributed by atoms with van der Waals surface area (Å²) >= 11 is 5.99. The molecule has 0 N–H and O–H groups in total. The highest BCUT2D eigenvalue weighted by Crippen LogP contribution is 2.29. The highest BCUT2D eigenvalue weighted by atomic mass is 35.5. The third-order valence-electron chi connectivity index (χ3n) is 5.25. The van der Waals surface area contributed by atoms with E-state index in [-0.39, 0.29) is 34.0 Å². The summed E-state index contributed by atoms with van der Waals surface area (Å²) in [6.45, 7) is 0. The molecule has 6 nitrogen and oxygen atoms in total. The third-order valence-corrected chi connectivity index (χ3v) is 5.50. The first kappa shape index (κ1) is 24.2. The van der Waals surface area contributed by atoms with Gasteiger partial charge >= 0.3 is 5.97 Å². The Morgan fingerprint density at radius 2 is 1.47 bits per heavy atom. The second-order valence-electron chi connectivity index (χ2n) is 7.60. The fraction of sp³-hybridized carbons (Fsp3) is 0.0345. The Labute approximate surface area is 212 Å². The number of halogens is 1. The summed E-state index contributed by atoms with van der Waals surface area (Å²) in [5, 5.41) is 19.1. The molecule has 0 unspecified atom stereocenters. The van der Waals surface area contributed by atoms with Crippen LogP contribution in [0.5, 0.6) is 11.5 Å². The molecule has 0 aliphatic carbocycles. The Morgan fingerprint density at radius 3 is 2.17 bits per heavy atom. The molecule has 0 aliphatic heterocycles. The summed E-state index contributed by atoms with van der Waals surface area (Å²) in [6.07, 6.45) is -1.20. The van der Waals surface area contributed by atoms with Crippen molar-refractivity contribution in [3.05, 3.63) is 130 Å². The topological polar surface area (TPSA) is 100 Å². The van der Waals surface area contributed by atoms with Gasteiger partial charge in [0.2, 0.25) is 5.78 Å². The number of nitriles is 2. The minimum Gasteiger partial charge on any atom is -0.456 e. The van der Waals surface area contributed by atoms with E-state index >= 15 is 0 Å². The summed E-state index contributed by atoms with van der Waals surface area (Å²) in [7, 11) is 0. The van der Waals surface area contributed by atoms with Gasteiger partial charge in [-0.3, -0.25) is 4.79 Å². The Morgan fingerprint density at radius 1 is 0.778 bits per heavy atom. The number of esters is 1. The van der Waals surface area contributed by atoms with E-state index in [4.69, 9.17) is 21.1 Å². The number of hydrogen-bond acceptors (Lipinski definition) is 6. The number of nitrogens with zero attached hydrogens (tertiary/aromatic N) is 2. The summed E-state index contributed by atoms with van der Waals surface area (Å²) in [5.74, 6) is -0.685. The number of ketones is 1. The molecule has 4 rings (SSSR count). The first-order valence-corrected chi connectivity index (χ1v) is 11.1. The maximum Gasteiger partial charge on any atom is 0.339 e. The predicted octanol–water partition coefficient (Wildman–Crippen LogP) is 6.66. The second kappa shape index (κ2) is 11.0. The van der Waals surface area contributed by atoms with Gasteiger partial charge in [0.25, 0.3) is 0 Å². The molecule has 4 aromatic rings.